The molecule has 0 aliphatic heterocycles. The van der Waals surface area contributed by atoms with E-state index in [1.807, 2.05) is 13.8 Å². The first-order valence-corrected chi connectivity index (χ1v) is 4.95. The van der Waals surface area contributed by atoms with E-state index in [-0.39, 0.29) is 5.82 Å². The minimum absolute atomic E-state index is 0.297. The minimum atomic E-state index is -0.297. The quantitative estimate of drug-likeness (QED) is 0.727. The summed E-state index contributed by atoms with van der Waals surface area (Å²) in [6.07, 6.45) is 0. The molecule has 1 aromatic carbocycles. The molecule has 0 amide bonds. The van der Waals surface area contributed by atoms with E-state index in [0.29, 0.717) is 10.8 Å². The highest BCUT2D eigenvalue weighted by Crippen LogP contribution is 2.22. The molecular weight excluding hydrogens is 215 g/mol. The lowest BCUT2D eigenvalue weighted by atomic mass is 10.3. The van der Waals surface area contributed by atoms with Crippen molar-refractivity contribution in [3.05, 3.63) is 46.5 Å². The molecule has 1 aromatic heterocycles. The van der Waals surface area contributed by atoms with Crippen molar-refractivity contribution in [2.24, 2.45) is 0 Å². The van der Waals surface area contributed by atoms with E-state index < -0.39 is 0 Å². The lowest BCUT2D eigenvalue weighted by Gasteiger charge is -2.02. The van der Waals surface area contributed by atoms with Crippen LogP contribution in [0.4, 0.5) is 4.39 Å². The van der Waals surface area contributed by atoms with Crippen LogP contribution in [0.25, 0.3) is 5.69 Å². The molecule has 0 bridgehead atoms. The van der Waals surface area contributed by atoms with Gasteiger partial charge in [-0.15, -0.1) is 0 Å². The number of rotatable bonds is 1. The van der Waals surface area contributed by atoms with Gasteiger partial charge in [0, 0.05) is 5.56 Å². The number of aromatic nitrogens is 2. The second-order valence-electron chi connectivity index (χ2n) is 3.39. The van der Waals surface area contributed by atoms with Gasteiger partial charge in [0.2, 0.25) is 0 Å². The SMILES string of the molecule is Cc1nn(-c2cccc(F)c2)c(Cl)c1C. The van der Waals surface area contributed by atoms with Crippen LogP contribution < -0.4 is 0 Å². The molecular formula is C11H10ClFN2. The van der Waals surface area contributed by atoms with Crippen molar-refractivity contribution >= 4 is 11.6 Å². The molecule has 15 heavy (non-hydrogen) atoms. The molecule has 2 rings (SSSR count). The first-order chi connectivity index (χ1) is 7.09. The topological polar surface area (TPSA) is 17.8 Å². The predicted octanol–water partition coefficient (Wildman–Crippen LogP) is 3.28. The van der Waals surface area contributed by atoms with Crippen molar-refractivity contribution in [1.82, 2.24) is 9.78 Å². The van der Waals surface area contributed by atoms with Gasteiger partial charge in [-0.25, -0.2) is 9.07 Å². The van der Waals surface area contributed by atoms with Crippen LogP contribution in [0.5, 0.6) is 0 Å². The highest BCUT2D eigenvalue weighted by Gasteiger charge is 2.10. The Morgan fingerprint density at radius 1 is 1.33 bits per heavy atom. The van der Waals surface area contributed by atoms with Crippen molar-refractivity contribution in [3.8, 4) is 5.69 Å². The third-order valence-electron chi connectivity index (χ3n) is 2.34. The summed E-state index contributed by atoms with van der Waals surface area (Å²) in [5.74, 6) is -0.297. The number of hydrogen-bond acceptors (Lipinski definition) is 1. The van der Waals surface area contributed by atoms with Crippen LogP contribution in [0, 0.1) is 19.7 Å². The first-order valence-electron chi connectivity index (χ1n) is 4.57. The highest BCUT2D eigenvalue weighted by molar-refractivity contribution is 6.30. The van der Waals surface area contributed by atoms with Crippen molar-refractivity contribution in [2.45, 2.75) is 13.8 Å². The normalized spacial score (nSPS) is 10.7. The molecule has 78 valence electrons. The largest absolute Gasteiger partial charge is 0.222 e. The third-order valence-corrected chi connectivity index (χ3v) is 2.78. The minimum Gasteiger partial charge on any atom is -0.222 e. The Hall–Kier alpha value is -1.35. The van der Waals surface area contributed by atoms with Crippen LogP contribution in [-0.2, 0) is 0 Å². The molecule has 0 spiro atoms. The summed E-state index contributed by atoms with van der Waals surface area (Å²) in [5, 5.41) is 4.77. The van der Waals surface area contributed by atoms with Crippen molar-refractivity contribution in [2.75, 3.05) is 0 Å². The molecule has 0 atom stereocenters. The van der Waals surface area contributed by atoms with Crippen LogP contribution >= 0.6 is 11.6 Å². The first kappa shape index (κ1) is 10.2. The predicted molar refractivity (Wildman–Crippen MR) is 58.0 cm³/mol. The summed E-state index contributed by atoms with van der Waals surface area (Å²) >= 11 is 6.08. The van der Waals surface area contributed by atoms with Gasteiger partial charge in [-0.1, -0.05) is 17.7 Å². The van der Waals surface area contributed by atoms with Crippen molar-refractivity contribution in [3.63, 3.8) is 0 Å². The van der Waals surface area contributed by atoms with E-state index in [2.05, 4.69) is 5.10 Å². The van der Waals surface area contributed by atoms with Gasteiger partial charge in [-0.3, -0.25) is 0 Å². The van der Waals surface area contributed by atoms with Gasteiger partial charge in [0.1, 0.15) is 11.0 Å². The van der Waals surface area contributed by atoms with Gasteiger partial charge in [-0.05, 0) is 32.0 Å². The number of aryl methyl sites for hydroxylation is 1. The molecule has 0 unspecified atom stereocenters. The maximum absolute atomic E-state index is 13.0. The summed E-state index contributed by atoms with van der Waals surface area (Å²) in [6.45, 7) is 3.76. The van der Waals surface area contributed by atoms with Gasteiger partial charge < -0.3 is 0 Å². The van der Waals surface area contributed by atoms with Crippen LogP contribution in [0.3, 0.4) is 0 Å². The van der Waals surface area contributed by atoms with Gasteiger partial charge in [-0.2, -0.15) is 5.10 Å². The molecule has 0 fully saturated rings. The van der Waals surface area contributed by atoms with Crippen LogP contribution in [-0.4, -0.2) is 9.78 Å². The average molecular weight is 225 g/mol. The molecule has 2 aromatic rings. The lowest BCUT2D eigenvalue weighted by molar-refractivity contribution is 0.625. The van der Waals surface area contributed by atoms with E-state index in [0.717, 1.165) is 11.3 Å². The summed E-state index contributed by atoms with van der Waals surface area (Å²) < 4.78 is 14.5. The van der Waals surface area contributed by atoms with E-state index in [1.165, 1.54) is 16.8 Å². The van der Waals surface area contributed by atoms with E-state index >= 15 is 0 Å². The highest BCUT2D eigenvalue weighted by atomic mass is 35.5. The van der Waals surface area contributed by atoms with E-state index in [1.54, 1.807) is 12.1 Å². The van der Waals surface area contributed by atoms with Gasteiger partial charge in [0.15, 0.2) is 0 Å². The molecule has 1 heterocycles. The molecule has 2 nitrogen and oxygen atoms in total. The smallest absolute Gasteiger partial charge is 0.136 e. The fourth-order valence-electron chi connectivity index (χ4n) is 1.36. The van der Waals surface area contributed by atoms with Gasteiger partial charge in [0.25, 0.3) is 0 Å². The van der Waals surface area contributed by atoms with E-state index in [9.17, 15) is 4.39 Å². The van der Waals surface area contributed by atoms with Crippen LogP contribution in [0.15, 0.2) is 24.3 Å². The molecule has 0 saturated heterocycles. The van der Waals surface area contributed by atoms with Crippen molar-refractivity contribution in [1.29, 1.82) is 0 Å². The molecule has 0 radical (unpaired) electrons. The van der Waals surface area contributed by atoms with Crippen LogP contribution in [0.1, 0.15) is 11.3 Å². The van der Waals surface area contributed by atoms with Gasteiger partial charge in [0.05, 0.1) is 11.4 Å². The molecule has 0 aliphatic carbocycles. The van der Waals surface area contributed by atoms with Crippen LogP contribution in [0.2, 0.25) is 5.15 Å². The number of benzene rings is 1. The Kier molecular flexibility index (Phi) is 2.49. The zero-order chi connectivity index (χ0) is 11.0. The standard InChI is InChI=1S/C11H10ClFN2/c1-7-8(2)14-15(11(7)12)10-5-3-4-9(13)6-10/h3-6H,1-2H3. The number of halogens is 2. The maximum Gasteiger partial charge on any atom is 0.136 e. The second-order valence-corrected chi connectivity index (χ2v) is 3.75. The molecule has 4 heteroatoms. The summed E-state index contributed by atoms with van der Waals surface area (Å²) in [7, 11) is 0. The Labute approximate surface area is 92.3 Å². The zero-order valence-corrected chi connectivity index (χ0v) is 9.22. The average Bonchev–Trinajstić information content (AvgIpc) is 2.46. The number of nitrogens with zero attached hydrogens (tertiary/aromatic N) is 2. The summed E-state index contributed by atoms with van der Waals surface area (Å²) in [4.78, 5) is 0. The van der Waals surface area contributed by atoms with Crippen molar-refractivity contribution < 1.29 is 4.39 Å². The summed E-state index contributed by atoms with van der Waals surface area (Å²) in [6, 6.07) is 6.19. The third kappa shape index (κ3) is 1.75. The lowest BCUT2D eigenvalue weighted by Crippen LogP contribution is -1.97. The monoisotopic (exact) mass is 224 g/mol. The fraction of sp³-hybridized carbons (Fsp3) is 0.182. The van der Waals surface area contributed by atoms with E-state index in [4.69, 9.17) is 11.6 Å². The fourth-order valence-corrected chi connectivity index (χ4v) is 1.63. The molecule has 0 saturated carbocycles. The summed E-state index contributed by atoms with van der Waals surface area (Å²) in [5.41, 5.74) is 2.40. The Balaban J connectivity index is 2.59. The number of hydrogen-bond donors (Lipinski definition) is 0. The molecule has 0 N–H and O–H groups in total. The Morgan fingerprint density at radius 3 is 2.60 bits per heavy atom. The Bertz CT molecular complexity index is 505. The molecule has 0 aliphatic rings. The van der Waals surface area contributed by atoms with Gasteiger partial charge >= 0.3 is 0 Å². The second kappa shape index (κ2) is 3.66. The maximum atomic E-state index is 13.0. The Morgan fingerprint density at radius 2 is 2.07 bits per heavy atom. The zero-order valence-electron chi connectivity index (χ0n) is 8.46.